The van der Waals surface area contributed by atoms with Crippen molar-refractivity contribution in [1.29, 1.82) is 0 Å². The zero-order chi connectivity index (χ0) is 20.5. The number of nitro groups is 1. The third-order valence-electron chi connectivity index (χ3n) is 4.13. The third kappa shape index (κ3) is 3.60. The summed E-state index contributed by atoms with van der Waals surface area (Å²) >= 11 is 1.17. The molecular weight excluding hydrogens is 399 g/mol. The summed E-state index contributed by atoms with van der Waals surface area (Å²) in [6.07, 6.45) is 0. The number of carbonyl (C=O) groups is 1. The molecule has 0 saturated heterocycles. The lowest BCUT2D eigenvalue weighted by atomic mass is 10.2. The first kappa shape index (κ1) is 18.4. The van der Waals surface area contributed by atoms with Crippen molar-refractivity contribution in [1.82, 2.24) is 4.98 Å². The summed E-state index contributed by atoms with van der Waals surface area (Å²) in [4.78, 5) is 26.4. The van der Waals surface area contributed by atoms with Gasteiger partial charge in [-0.3, -0.25) is 14.9 Å². The Labute approximate surface area is 166 Å². The van der Waals surface area contributed by atoms with Crippen LogP contribution >= 0.6 is 11.3 Å². The van der Waals surface area contributed by atoms with Crippen molar-refractivity contribution < 1.29 is 19.2 Å². The minimum atomic E-state index is -0.637. The largest absolute Gasteiger partial charge is 0.493 e. The molecule has 8 nitrogen and oxygen atoms in total. The van der Waals surface area contributed by atoms with E-state index >= 15 is 0 Å². The van der Waals surface area contributed by atoms with Gasteiger partial charge in [0.2, 0.25) is 5.88 Å². The molecule has 0 bridgehead atoms. The second-order valence-corrected chi connectivity index (χ2v) is 7.07. The van der Waals surface area contributed by atoms with Crippen molar-refractivity contribution in [3.8, 4) is 16.3 Å². The summed E-state index contributed by atoms with van der Waals surface area (Å²) in [6.45, 7) is 0. The number of rotatable bonds is 4. The highest BCUT2D eigenvalue weighted by molar-refractivity contribution is 7.17. The summed E-state index contributed by atoms with van der Waals surface area (Å²) in [5.74, 6) is -1.34. The van der Waals surface area contributed by atoms with E-state index in [1.807, 2.05) is 0 Å². The van der Waals surface area contributed by atoms with Gasteiger partial charge in [-0.25, -0.2) is 4.39 Å². The first-order valence-electron chi connectivity index (χ1n) is 8.23. The number of hydrogen-bond acceptors (Lipinski definition) is 6. The number of nitro benzene ring substituents is 1. The number of nitrogens with one attached hydrogen (secondary N) is 1. The standard InChI is InChI=1S/C19H11FN4O4S/c20-11-3-1-10(2-4-11)15-7-8-16(29-15)18(25)23-22-17-13-9-12(24(27)28)5-6-14(13)21-19(17)26/h1-9,21,26H. The highest BCUT2D eigenvalue weighted by atomic mass is 32.1. The number of benzene rings is 2. The van der Waals surface area contributed by atoms with E-state index in [1.54, 1.807) is 24.3 Å². The van der Waals surface area contributed by atoms with Gasteiger partial charge in [0, 0.05) is 22.4 Å². The van der Waals surface area contributed by atoms with Gasteiger partial charge >= 0.3 is 5.91 Å². The number of thiophene rings is 1. The Balaban J connectivity index is 1.62. The number of azo groups is 1. The number of hydrogen-bond donors (Lipinski definition) is 2. The molecule has 0 atom stereocenters. The van der Waals surface area contributed by atoms with Crippen LogP contribution in [0.4, 0.5) is 15.8 Å². The number of H-pyrrole nitrogens is 1. The molecule has 29 heavy (non-hydrogen) atoms. The number of halogens is 1. The zero-order valence-electron chi connectivity index (χ0n) is 14.5. The Bertz CT molecular complexity index is 1280. The van der Waals surface area contributed by atoms with Gasteiger partial charge in [-0.15, -0.1) is 21.6 Å². The molecular formula is C19H11FN4O4S. The fraction of sp³-hybridized carbons (Fsp3) is 0. The van der Waals surface area contributed by atoms with E-state index in [2.05, 4.69) is 15.2 Å². The Morgan fingerprint density at radius 3 is 2.62 bits per heavy atom. The summed E-state index contributed by atoms with van der Waals surface area (Å²) in [7, 11) is 0. The lowest BCUT2D eigenvalue weighted by Crippen LogP contribution is -1.88. The van der Waals surface area contributed by atoms with Crippen LogP contribution in [0.3, 0.4) is 0 Å². The third-order valence-corrected chi connectivity index (χ3v) is 5.26. The normalized spacial score (nSPS) is 11.3. The SMILES string of the molecule is O=C(N=Nc1c(O)[nH]c2ccc([N+](=O)[O-])cc12)c1ccc(-c2ccc(F)cc2)s1. The van der Waals surface area contributed by atoms with E-state index < -0.39 is 10.8 Å². The maximum absolute atomic E-state index is 13.0. The molecule has 144 valence electrons. The number of aromatic nitrogens is 1. The zero-order valence-corrected chi connectivity index (χ0v) is 15.3. The van der Waals surface area contributed by atoms with Crippen LogP contribution in [-0.2, 0) is 0 Å². The van der Waals surface area contributed by atoms with Gasteiger partial charge < -0.3 is 10.1 Å². The van der Waals surface area contributed by atoms with Crippen LogP contribution in [0.1, 0.15) is 9.67 Å². The van der Waals surface area contributed by atoms with Crippen LogP contribution in [0.15, 0.2) is 64.8 Å². The van der Waals surface area contributed by atoms with Crippen LogP contribution in [0.2, 0.25) is 0 Å². The number of carbonyl (C=O) groups excluding carboxylic acids is 1. The Kier molecular flexibility index (Phi) is 4.61. The Morgan fingerprint density at radius 2 is 1.90 bits per heavy atom. The molecule has 0 aliphatic rings. The Hall–Kier alpha value is -3.92. The van der Waals surface area contributed by atoms with Crippen LogP contribution in [0.25, 0.3) is 21.3 Å². The monoisotopic (exact) mass is 410 g/mol. The van der Waals surface area contributed by atoms with Crippen molar-refractivity contribution in [2.75, 3.05) is 0 Å². The molecule has 0 spiro atoms. The summed E-state index contributed by atoms with van der Waals surface area (Å²) < 4.78 is 13.0. The highest BCUT2D eigenvalue weighted by Gasteiger charge is 2.16. The molecule has 4 rings (SSSR count). The number of nitrogens with zero attached hydrogens (tertiary/aromatic N) is 3. The number of aromatic hydroxyl groups is 1. The molecule has 0 aliphatic heterocycles. The second-order valence-electron chi connectivity index (χ2n) is 5.99. The van der Waals surface area contributed by atoms with Crippen molar-refractivity contribution in [3.05, 3.63) is 75.4 Å². The Morgan fingerprint density at radius 1 is 1.14 bits per heavy atom. The predicted molar refractivity (Wildman–Crippen MR) is 105 cm³/mol. The smallest absolute Gasteiger partial charge is 0.305 e. The fourth-order valence-corrected chi connectivity index (χ4v) is 3.62. The molecule has 2 aromatic carbocycles. The molecule has 0 radical (unpaired) electrons. The van der Waals surface area contributed by atoms with E-state index in [-0.39, 0.29) is 28.5 Å². The second kappa shape index (κ2) is 7.24. The molecule has 2 aromatic heterocycles. The van der Waals surface area contributed by atoms with E-state index in [0.717, 1.165) is 10.4 Å². The topological polar surface area (TPSA) is 121 Å². The average molecular weight is 410 g/mol. The van der Waals surface area contributed by atoms with Gasteiger partial charge in [0.05, 0.1) is 15.3 Å². The van der Waals surface area contributed by atoms with E-state index in [1.165, 1.54) is 41.7 Å². The number of non-ortho nitro benzene ring substituents is 1. The fourth-order valence-electron chi connectivity index (χ4n) is 2.73. The van der Waals surface area contributed by atoms with Crippen LogP contribution in [0.5, 0.6) is 5.88 Å². The van der Waals surface area contributed by atoms with Crippen LogP contribution in [-0.4, -0.2) is 20.9 Å². The molecule has 2 N–H and O–H groups in total. The molecule has 0 saturated carbocycles. The molecule has 0 fully saturated rings. The minimum Gasteiger partial charge on any atom is -0.493 e. The molecule has 2 heterocycles. The van der Waals surface area contributed by atoms with Crippen molar-refractivity contribution >= 4 is 39.5 Å². The van der Waals surface area contributed by atoms with Gasteiger partial charge in [-0.2, -0.15) is 0 Å². The predicted octanol–water partition coefficient (Wildman–Crippen LogP) is 5.57. The van der Waals surface area contributed by atoms with Gasteiger partial charge in [0.15, 0.2) is 5.69 Å². The van der Waals surface area contributed by atoms with Gasteiger partial charge in [0.25, 0.3) is 5.69 Å². The lowest BCUT2D eigenvalue weighted by molar-refractivity contribution is -0.384. The first-order valence-corrected chi connectivity index (χ1v) is 9.05. The summed E-state index contributed by atoms with van der Waals surface area (Å²) in [5.41, 5.74) is 0.937. The van der Waals surface area contributed by atoms with Crippen LogP contribution in [0, 0.1) is 15.9 Å². The number of fused-ring (bicyclic) bond motifs is 1. The molecule has 1 amide bonds. The van der Waals surface area contributed by atoms with E-state index in [0.29, 0.717) is 10.4 Å². The molecule has 0 aliphatic carbocycles. The van der Waals surface area contributed by atoms with Gasteiger partial charge in [0.1, 0.15) is 5.82 Å². The minimum absolute atomic E-state index is 0.0626. The van der Waals surface area contributed by atoms with Crippen molar-refractivity contribution in [3.63, 3.8) is 0 Å². The maximum atomic E-state index is 13.0. The van der Waals surface area contributed by atoms with Gasteiger partial charge in [-0.1, -0.05) is 12.1 Å². The summed E-state index contributed by atoms with van der Waals surface area (Å²) in [6, 6.07) is 13.1. The lowest BCUT2D eigenvalue weighted by Gasteiger charge is -1.96. The number of aromatic amines is 1. The van der Waals surface area contributed by atoms with Crippen molar-refractivity contribution in [2.45, 2.75) is 0 Å². The maximum Gasteiger partial charge on any atom is 0.305 e. The summed E-state index contributed by atoms with van der Waals surface area (Å²) in [5, 5.41) is 28.7. The quantitative estimate of drug-likeness (QED) is 0.259. The average Bonchev–Trinajstić information content (AvgIpc) is 3.30. The highest BCUT2D eigenvalue weighted by Crippen LogP contribution is 2.37. The molecule has 10 heteroatoms. The van der Waals surface area contributed by atoms with Gasteiger partial charge in [-0.05, 0) is 35.9 Å². The van der Waals surface area contributed by atoms with Crippen molar-refractivity contribution in [2.24, 2.45) is 10.2 Å². The number of amides is 1. The molecule has 4 aromatic rings. The van der Waals surface area contributed by atoms with E-state index in [4.69, 9.17) is 0 Å². The van der Waals surface area contributed by atoms with Crippen LogP contribution < -0.4 is 0 Å². The molecule has 0 unspecified atom stereocenters. The van der Waals surface area contributed by atoms with E-state index in [9.17, 15) is 24.4 Å². The first-order chi connectivity index (χ1) is 13.9.